The van der Waals surface area contributed by atoms with Crippen LogP contribution in [0.4, 0.5) is 0 Å². The third-order valence-corrected chi connectivity index (χ3v) is 9.74. The van der Waals surface area contributed by atoms with Crippen molar-refractivity contribution in [3.05, 3.63) is 28.8 Å². The summed E-state index contributed by atoms with van der Waals surface area (Å²) in [4.78, 5) is 17.7. The topological polar surface area (TPSA) is 129 Å². The number of aliphatic hydroxyl groups is 2. The highest BCUT2D eigenvalue weighted by Crippen LogP contribution is 2.35. The number of hydrogen-bond donors (Lipinski definition) is 3. The first-order valence-electron chi connectivity index (χ1n) is 13.0. The molecule has 2 heterocycles. The van der Waals surface area contributed by atoms with Crippen molar-refractivity contribution in [3.63, 3.8) is 0 Å². The van der Waals surface area contributed by atoms with Crippen LogP contribution in [0.25, 0.3) is 0 Å². The highest BCUT2D eigenvalue weighted by molar-refractivity contribution is 7.89. The first-order chi connectivity index (χ1) is 17.1. The first kappa shape index (κ1) is 27.0. The van der Waals surface area contributed by atoms with Gasteiger partial charge in [0.2, 0.25) is 10.0 Å². The van der Waals surface area contributed by atoms with Crippen molar-refractivity contribution in [1.29, 1.82) is 0 Å². The summed E-state index contributed by atoms with van der Waals surface area (Å²) < 4.78 is 33.4. The first-order valence-corrected chi connectivity index (χ1v) is 14.7. The van der Waals surface area contributed by atoms with Crippen LogP contribution in [0.15, 0.2) is 17.1 Å². The van der Waals surface area contributed by atoms with Gasteiger partial charge < -0.3 is 20.3 Å². The average Bonchev–Trinajstić information content (AvgIpc) is 3.18. The van der Waals surface area contributed by atoms with Gasteiger partial charge in [0.1, 0.15) is 29.8 Å². The molecule has 36 heavy (non-hydrogen) atoms. The standard InChI is InChI=1S/C26H39N3O6S/c1-18-14-22(35-17-21(31)16-30)15-19(2)23(18)8-13-36(33,34)29-11-9-26(10-12-29)25(32)27-24(28-26)20-6-4-3-5-7-20/h14-15,20-21,30-31H,3-13,16-17H2,1-2H3,(H,27,28,32). The second-order valence-corrected chi connectivity index (χ2v) is 12.6. The molecule has 1 unspecified atom stereocenters. The lowest BCUT2D eigenvalue weighted by atomic mass is 9.88. The Labute approximate surface area is 214 Å². The molecule has 9 nitrogen and oxygen atoms in total. The molecule has 0 bridgehead atoms. The van der Waals surface area contributed by atoms with E-state index >= 15 is 0 Å². The van der Waals surface area contributed by atoms with Gasteiger partial charge in [-0.2, -0.15) is 0 Å². The van der Waals surface area contributed by atoms with Crippen LogP contribution < -0.4 is 10.1 Å². The molecule has 1 amide bonds. The molecule has 1 aromatic carbocycles. The predicted octanol–water partition coefficient (Wildman–Crippen LogP) is 1.85. The molecule has 1 atom stereocenters. The quantitative estimate of drug-likeness (QED) is 0.455. The van der Waals surface area contributed by atoms with Gasteiger partial charge in [0, 0.05) is 19.0 Å². The maximum Gasteiger partial charge on any atom is 0.253 e. The summed E-state index contributed by atoms with van der Waals surface area (Å²) in [5.41, 5.74) is 1.98. The number of rotatable bonds is 9. The number of amidine groups is 1. The zero-order chi connectivity index (χ0) is 25.9. The minimum atomic E-state index is -3.49. The summed E-state index contributed by atoms with van der Waals surface area (Å²) in [6, 6.07) is 3.65. The maximum absolute atomic E-state index is 13.2. The SMILES string of the molecule is Cc1cc(OCC(O)CO)cc(C)c1CCS(=O)(=O)N1CCC2(CC1)N=C(C1CCCCC1)NC2=O. The number of aliphatic hydroxyl groups excluding tert-OH is 2. The van der Waals surface area contributed by atoms with Crippen molar-refractivity contribution in [2.24, 2.45) is 10.9 Å². The smallest absolute Gasteiger partial charge is 0.253 e. The molecule has 1 spiro atoms. The largest absolute Gasteiger partial charge is 0.491 e. The number of aliphatic imine (C=N–C) groups is 1. The minimum absolute atomic E-state index is 0.00605. The second-order valence-electron chi connectivity index (χ2n) is 10.5. The molecule has 2 fully saturated rings. The summed E-state index contributed by atoms with van der Waals surface area (Å²) in [5, 5.41) is 21.5. The van der Waals surface area contributed by atoms with Crippen LogP contribution in [-0.4, -0.2) is 78.4 Å². The summed E-state index contributed by atoms with van der Waals surface area (Å²) >= 11 is 0. The lowest BCUT2D eigenvalue weighted by Crippen LogP contribution is -2.51. The van der Waals surface area contributed by atoms with Gasteiger partial charge >= 0.3 is 0 Å². The molecule has 3 N–H and O–H groups in total. The number of sulfonamides is 1. The van der Waals surface area contributed by atoms with Gasteiger partial charge in [0.25, 0.3) is 5.91 Å². The molecular weight excluding hydrogens is 482 g/mol. The van der Waals surface area contributed by atoms with Gasteiger partial charge in [0.15, 0.2) is 0 Å². The van der Waals surface area contributed by atoms with E-state index in [0.29, 0.717) is 44.0 Å². The molecule has 0 aromatic heterocycles. The number of piperidine rings is 1. The fourth-order valence-corrected chi connectivity index (χ4v) is 7.08. The molecule has 3 aliphatic rings. The van der Waals surface area contributed by atoms with E-state index in [4.69, 9.17) is 14.8 Å². The van der Waals surface area contributed by atoms with Crippen LogP contribution in [0.3, 0.4) is 0 Å². The van der Waals surface area contributed by atoms with E-state index in [9.17, 15) is 18.3 Å². The second kappa shape index (κ2) is 11.2. The zero-order valence-corrected chi connectivity index (χ0v) is 22.1. The van der Waals surface area contributed by atoms with Gasteiger partial charge in [-0.25, -0.2) is 12.7 Å². The average molecular weight is 522 g/mol. The molecular formula is C26H39N3O6S. The van der Waals surface area contributed by atoms with Crippen molar-refractivity contribution in [2.45, 2.75) is 76.9 Å². The Morgan fingerprint density at radius 3 is 2.42 bits per heavy atom. The minimum Gasteiger partial charge on any atom is -0.491 e. The molecule has 1 aromatic rings. The molecule has 0 radical (unpaired) electrons. The molecule has 1 saturated heterocycles. The third-order valence-electron chi connectivity index (χ3n) is 7.87. The number of hydrogen-bond acceptors (Lipinski definition) is 7. The van der Waals surface area contributed by atoms with Crippen molar-refractivity contribution >= 4 is 21.8 Å². The fraction of sp³-hybridized carbons (Fsp3) is 0.692. The molecule has 1 aliphatic carbocycles. The number of ether oxygens (including phenoxy) is 1. The van der Waals surface area contributed by atoms with Crippen LogP contribution in [0.2, 0.25) is 0 Å². The van der Waals surface area contributed by atoms with Crippen molar-refractivity contribution in [2.75, 3.05) is 32.1 Å². The Morgan fingerprint density at radius 2 is 1.81 bits per heavy atom. The number of aryl methyl sites for hydroxylation is 2. The number of carbonyl (C=O) groups excluding carboxylic acids is 1. The van der Waals surface area contributed by atoms with Crippen LogP contribution in [0.5, 0.6) is 5.75 Å². The van der Waals surface area contributed by atoms with E-state index in [1.165, 1.54) is 23.6 Å². The summed E-state index contributed by atoms with van der Waals surface area (Å²) in [7, 11) is -3.49. The van der Waals surface area contributed by atoms with E-state index in [2.05, 4.69) is 5.32 Å². The van der Waals surface area contributed by atoms with E-state index < -0.39 is 21.7 Å². The Kier molecular flexibility index (Phi) is 8.38. The van der Waals surface area contributed by atoms with E-state index in [1.807, 2.05) is 26.0 Å². The van der Waals surface area contributed by atoms with Crippen LogP contribution in [0, 0.1) is 19.8 Å². The third kappa shape index (κ3) is 5.93. The molecule has 2 aliphatic heterocycles. The van der Waals surface area contributed by atoms with E-state index in [0.717, 1.165) is 35.4 Å². The normalized spacial score (nSPS) is 21.9. The Morgan fingerprint density at radius 1 is 1.17 bits per heavy atom. The van der Waals surface area contributed by atoms with Crippen LogP contribution >= 0.6 is 0 Å². The van der Waals surface area contributed by atoms with Gasteiger partial charge in [-0.3, -0.25) is 9.79 Å². The highest BCUT2D eigenvalue weighted by Gasteiger charge is 2.48. The number of amides is 1. The van der Waals surface area contributed by atoms with Gasteiger partial charge in [-0.05, 0) is 74.8 Å². The van der Waals surface area contributed by atoms with E-state index in [-0.39, 0.29) is 24.9 Å². The van der Waals surface area contributed by atoms with Crippen molar-refractivity contribution < 1.29 is 28.2 Å². The summed E-state index contributed by atoms with van der Waals surface area (Å²) in [6.45, 7) is 4.04. The van der Waals surface area contributed by atoms with Crippen molar-refractivity contribution in [1.82, 2.24) is 9.62 Å². The van der Waals surface area contributed by atoms with Gasteiger partial charge in [0.05, 0.1) is 12.4 Å². The Hall–Kier alpha value is -2.01. The lowest BCUT2D eigenvalue weighted by Gasteiger charge is -2.34. The highest BCUT2D eigenvalue weighted by atomic mass is 32.2. The van der Waals surface area contributed by atoms with E-state index in [1.54, 1.807) is 0 Å². The van der Waals surface area contributed by atoms with Crippen LogP contribution in [-0.2, 0) is 21.2 Å². The maximum atomic E-state index is 13.2. The zero-order valence-electron chi connectivity index (χ0n) is 21.3. The number of nitrogens with zero attached hydrogens (tertiary/aromatic N) is 2. The summed E-state index contributed by atoms with van der Waals surface area (Å²) in [6.07, 6.45) is 5.96. The number of carbonyl (C=O) groups is 1. The Balaban J connectivity index is 1.35. The molecule has 200 valence electrons. The fourth-order valence-electron chi connectivity index (χ4n) is 5.62. The van der Waals surface area contributed by atoms with Gasteiger partial charge in [-0.15, -0.1) is 0 Å². The monoisotopic (exact) mass is 521 g/mol. The number of benzene rings is 1. The molecule has 10 heteroatoms. The summed E-state index contributed by atoms with van der Waals surface area (Å²) in [5.74, 6) is 1.65. The van der Waals surface area contributed by atoms with Crippen molar-refractivity contribution in [3.8, 4) is 5.75 Å². The predicted molar refractivity (Wildman–Crippen MR) is 138 cm³/mol. The molecule has 4 rings (SSSR count). The van der Waals surface area contributed by atoms with Crippen LogP contribution in [0.1, 0.15) is 61.6 Å². The lowest BCUT2D eigenvalue weighted by molar-refractivity contribution is -0.125. The Bertz CT molecular complexity index is 1070. The number of nitrogens with one attached hydrogen (secondary N) is 1. The molecule has 1 saturated carbocycles. The van der Waals surface area contributed by atoms with Gasteiger partial charge in [-0.1, -0.05) is 19.3 Å².